The molecule has 3 N–H and O–H groups in total. The molecule has 0 fully saturated rings. The number of nitrogens with two attached hydrogens (primary N) is 1. The summed E-state index contributed by atoms with van der Waals surface area (Å²) < 4.78 is 10.3. The lowest BCUT2D eigenvalue weighted by molar-refractivity contribution is -0.117. The maximum Gasteiger partial charge on any atom is 0.224 e. The number of carbonyl (C=O) groups excluding carboxylic acids is 1. The molecule has 1 rings (SSSR count). The van der Waals surface area contributed by atoms with Crippen molar-refractivity contribution in [2.24, 2.45) is 11.1 Å². The van der Waals surface area contributed by atoms with Gasteiger partial charge in [-0.1, -0.05) is 13.8 Å². The number of rotatable bonds is 6. The van der Waals surface area contributed by atoms with Crippen LogP contribution in [-0.4, -0.2) is 26.7 Å². The smallest absolute Gasteiger partial charge is 0.224 e. The van der Waals surface area contributed by atoms with Crippen LogP contribution in [0.5, 0.6) is 11.5 Å². The van der Waals surface area contributed by atoms with E-state index in [1.807, 2.05) is 13.8 Å². The van der Waals surface area contributed by atoms with E-state index >= 15 is 0 Å². The Morgan fingerprint density at radius 2 is 1.89 bits per heavy atom. The van der Waals surface area contributed by atoms with Gasteiger partial charge in [-0.15, -0.1) is 0 Å². The largest absolute Gasteiger partial charge is 0.493 e. The summed E-state index contributed by atoms with van der Waals surface area (Å²) in [6.45, 7) is 4.38. The first-order chi connectivity index (χ1) is 8.91. The molecule has 5 nitrogen and oxygen atoms in total. The fourth-order valence-electron chi connectivity index (χ4n) is 1.63. The number of amides is 1. The van der Waals surface area contributed by atoms with Crippen molar-refractivity contribution in [3.8, 4) is 11.5 Å². The van der Waals surface area contributed by atoms with E-state index in [1.54, 1.807) is 32.4 Å². The molecule has 0 saturated carbocycles. The molecule has 1 aromatic carbocycles. The van der Waals surface area contributed by atoms with Crippen LogP contribution in [0, 0.1) is 5.41 Å². The fraction of sp³-hybridized carbons (Fsp3) is 0.500. The average molecular weight is 266 g/mol. The standard InChI is InChI=1S/C14H22N2O3/c1-14(2,9-15)8-13(17)16-10-5-6-11(18-3)12(7-10)19-4/h5-7H,8-9,15H2,1-4H3,(H,16,17). The third-order valence-electron chi connectivity index (χ3n) is 2.86. The van der Waals surface area contributed by atoms with Gasteiger partial charge in [0.2, 0.25) is 5.91 Å². The summed E-state index contributed by atoms with van der Waals surface area (Å²) in [5.41, 5.74) is 6.08. The summed E-state index contributed by atoms with van der Waals surface area (Å²) in [4.78, 5) is 11.9. The molecule has 0 saturated heterocycles. The van der Waals surface area contributed by atoms with E-state index in [4.69, 9.17) is 15.2 Å². The third-order valence-corrected chi connectivity index (χ3v) is 2.86. The Morgan fingerprint density at radius 1 is 1.26 bits per heavy atom. The molecule has 0 aliphatic heterocycles. The number of methoxy groups -OCH3 is 2. The van der Waals surface area contributed by atoms with Gasteiger partial charge in [0.15, 0.2) is 11.5 Å². The maximum absolute atomic E-state index is 11.9. The van der Waals surface area contributed by atoms with Crippen molar-refractivity contribution in [3.05, 3.63) is 18.2 Å². The predicted molar refractivity (Wildman–Crippen MR) is 75.6 cm³/mol. The quantitative estimate of drug-likeness (QED) is 0.826. The topological polar surface area (TPSA) is 73.6 Å². The van der Waals surface area contributed by atoms with Crippen molar-refractivity contribution in [3.63, 3.8) is 0 Å². The lowest BCUT2D eigenvalue weighted by Crippen LogP contribution is -2.29. The lowest BCUT2D eigenvalue weighted by atomic mass is 9.89. The summed E-state index contributed by atoms with van der Waals surface area (Å²) >= 11 is 0. The van der Waals surface area contributed by atoms with Crippen molar-refractivity contribution in [1.29, 1.82) is 0 Å². The first kappa shape index (κ1) is 15.3. The highest BCUT2D eigenvalue weighted by molar-refractivity contribution is 5.91. The van der Waals surface area contributed by atoms with E-state index < -0.39 is 0 Å². The number of anilines is 1. The van der Waals surface area contributed by atoms with Gasteiger partial charge in [0.25, 0.3) is 0 Å². The van der Waals surface area contributed by atoms with Crippen LogP contribution in [0.1, 0.15) is 20.3 Å². The van der Waals surface area contributed by atoms with Crippen molar-refractivity contribution in [2.45, 2.75) is 20.3 Å². The second-order valence-electron chi connectivity index (χ2n) is 5.16. The van der Waals surface area contributed by atoms with E-state index in [-0.39, 0.29) is 11.3 Å². The zero-order valence-electron chi connectivity index (χ0n) is 11.9. The van der Waals surface area contributed by atoms with E-state index in [0.717, 1.165) is 0 Å². The Bertz CT molecular complexity index is 444. The molecule has 0 bridgehead atoms. The number of ether oxygens (including phenoxy) is 2. The molecule has 0 heterocycles. The van der Waals surface area contributed by atoms with Gasteiger partial charge in [-0.2, -0.15) is 0 Å². The molecule has 0 spiro atoms. The molecule has 0 atom stereocenters. The minimum Gasteiger partial charge on any atom is -0.493 e. The molecule has 0 unspecified atom stereocenters. The van der Waals surface area contributed by atoms with Gasteiger partial charge in [0.1, 0.15) is 0 Å². The first-order valence-electron chi connectivity index (χ1n) is 6.14. The highest BCUT2D eigenvalue weighted by Gasteiger charge is 2.20. The van der Waals surface area contributed by atoms with Crippen LogP contribution in [0.15, 0.2) is 18.2 Å². The van der Waals surface area contributed by atoms with E-state index in [0.29, 0.717) is 30.2 Å². The highest BCUT2D eigenvalue weighted by atomic mass is 16.5. The van der Waals surface area contributed by atoms with Gasteiger partial charge < -0.3 is 20.5 Å². The van der Waals surface area contributed by atoms with Gasteiger partial charge in [-0.3, -0.25) is 4.79 Å². The van der Waals surface area contributed by atoms with Crippen molar-refractivity contribution in [2.75, 3.05) is 26.1 Å². The molecule has 106 valence electrons. The normalized spacial score (nSPS) is 11.0. The van der Waals surface area contributed by atoms with Crippen molar-refractivity contribution in [1.82, 2.24) is 0 Å². The maximum atomic E-state index is 11.9. The van der Waals surface area contributed by atoms with E-state index in [2.05, 4.69) is 5.32 Å². The lowest BCUT2D eigenvalue weighted by Gasteiger charge is -2.21. The average Bonchev–Trinajstić information content (AvgIpc) is 2.37. The number of carbonyl (C=O) groups is 1. The summed E-state index contributed by atoms with van der Waals surface area (Å²) in [6, 6.07) is 5.25. The number of hydrogen-bond donors (Lipinski definition) is 2. The molecule has 5 heteroatoms. The van der Waals surface area contributed by atoms with E-state index in [9.17, 15) is 4.79 Å². The summed E-state index contributed by atoms with van der Waals surface area (Å²) in [5.74, 6) is 1.14. The molecule has 1 amide bonds. The summed E-state index contributed by atoms with van der Waals surface area (Å²) in [6.07, 6.45) is 0.373. The zero-order chi connectivity index (χ0) is 14.5. The predicted octanol–water partition coefficient (Wildman–Crippen LogP) is 2.02. The third kappa shape index (κ3) is 4.44. The molecule has 0 radical (unpaired) electrons. The first-order valence-corrected chi connectivity index (χ1v) is 6.14. The molecule has 0 aromatic heterocycles. The van der Waals surface area contributed by atoms with Gasteiger partial charge in [0.05, 0.1) is 14.2 Å². The fourth-order valence-corrected chi connectivity index (χ4v) is 1.63. The Morgan fingerprint density at radius 3 is 2.42 bits per heavy atom. The van der Waals surface area contributed by atoms with Gasteiger partial charge in [-0.05, 0) is 24.1 Å². The van der Waals surface area contributed by atoms with Crippen LogP contribution in [0.2, 0.25) is 0 Å². The summed E-state index contributed by atoms with van der Waals surface area (Å²) in [7, 11) is 3.13. The van der Waals surface area contributed by atoms with Gasteiger partial charge in [-0.25, -0.2) is 0 Å². The number of benzene rings is 1. The second kappa shape index (κ2) is 6.43. The van der Waals surface area contributed by atoms with E-state index in [1.165, 1.54) is 0 Å². The Kier molecular flexibility index (Phi) is 5.18. The van der Waals surface area contributed by atoms with Crippen LogP contribution < -0.4 is 20.5 Å². The molecular weight excluding hydrogens is 244 g/mol. The van der Waals surface area contributed by atoms with Crippen molar-refractivity contribution >= 4 is 11.6 Å². The van der Waals surface area contributed by atoms with Crippen LogP contribution in [-0.2, 0) is 4.79 Å². The van der Waals surface area contributed by atoms with Gasteiger partial charge >= 0.3 is 0 Å². The number of nitrogens with one attached hydrogen (secondary N) is 1. The monoisotopic (exact) mass is 266 g/mol. The minimum atomic E-state index is -0.208. The summed E-state index contributed by atoms with van der Waals surface area (Å²) in [5, 5.41) is 2.83. The Hall–Kier alpha value is -1.75. The van der Waals surface area contributed by atoms with Crippen molar-refractivity contribution < 1.29 is 14.3 Å². The molecule has 0 aliphatic carbocycles. The number of hydrogen-bond acceptors (Lipinski definition) is 4. The Labute approximate surface area is 114 Å². The van der Waals surface area contributed by atoms with Gasteiger partial charge in [0, 0.05) is 18.2 Å². The SMILES string of the molecule is COc1ccc(NC(=O)CC(C)(C)CN)cc1OC. The van der Waals surface area contributed by atoms with Crippen LogP contribution in [0.3, 0.4) is 0 Å². The zero-order valence-corrected chi connectivity index (χ0v) is 11.9. The molecule has 19 heavy (non-hydrogen) atoms. The molecule has 0 aliphatic rings. The minimum absolute atomic E-state index is 0.0670. The van der Waals surface area contributed by atoms with Crippen LogP contribution in [0.25, 0.3) is 0 Å². The van der Waals surface area contributed by atoms with Crippen LogP contribution in [0.4, 0.5) is 5.69 Å². The molecular formula is C14H22N2O3. The highest BCUT2D eigenvalue weighted by Crippen LogP contribution is 2.30. The van der Waals surface area contributed by atoms with Crippen LogP contribution >= 0.6 is 0 Å². The Balaban J connectivity index is 2.75. The second-order valence-corrected chi connectivity index (χ2v) is 5.16. The molecule has 1 aromatic rings.